The number of sulfonamides is 1. The lowest BCUT2D eigenvalue weighted by Crippen LogP contribution is -2.50. The molecule has 0 atom stereocenters. The third kappa shape index (κ3) is 4.29. The molecule has 1 N–H and O–H groups in total. The minimum absolute atomic E-state index is 0.0379. The lowest BCUT2D eigenvalue weighted by molar-refractivity contribution is -0.127. The smallest absolute Gasteiger partial charge is 0.296 e. The van der Waals surface area contributed by atoms with Crippen molar-refractivity contribution in [1.82, 2.24) is 9.21 Å². The van der Waals surface area contributed by atoms with Crippen LogP contribution in [0, 0.1) is 0 Å². The van der Waals surface area contributed by atoms with E-state index in [9.17, 15) is 22.8 Å². The summed E-state index contributed by atoms with van der Waals surface area (Å²) in [6.07, 6.45) is 2.97. The predicted octanol–water partition coefficient (Wildman–Crippen LogP) is 2.67. The molecule has 2 heterocycles. The van der Waals surface area contributed by atoms with Crippen LogP contribution >= 0.6 is 23.2 Å². The topological polar surface area (TPSA) is 104 Å². The number of amides is 2. The van der Waals surface area contributed by atoms with E-state index in [1.807, 2.05) is 0 Å². The molecule has 1 fully saturated rings. The Morgan fingerprint density at radius 3 is 2.41 bits per heavy atom. The highest BCUT2D eigenvalue weighted by molar-refractivity contribution is 7.89. The standard InChI is InChI=1S/C21H17Cl2N3O5S/c22-14-3-1-13(17(23)11-14)2-6-19(27)25-7-9-26(10-8-25)32(30,31)15-4-5-18-16(12-15)20(28)21(29)24-18/h1-6,11-12H,7-10H2,(H,24,28,29)/b6-2+. The van der Waals surface area contributed by atoms with Crippen LogP contribution in [0.2, 0.25) is 10.0 Å². The van der Waals surface area contributed by atoms with Crippen molar-refractivity contribution in [3.63, 3.8) is 0 Å². The first-order valence-electron chi connectivity index (χ1n) is 9.59. The maximum absolute atomic E-state index is 13.0. The summed E-state index contributed by atoms with van der Waals surface area (Å²) in [5.74, 6) is -1.81. The van der Waals surface area contributed by atoms with Gasteiger partial charge in [0, 0.05) is 42.3 Å². The van der Waals surface area contributed by atoms with Crippen molar-refractivity contribution >= 4 is 62.6 Å². The highest BCUT2D eigenvalue weighted by atomic mass is 35.5. The maximum atomic E-state index is 13.0. The second-order valence-corrected chi connectivity index (χ2v) is 10.0. The Morgan fingerprint density at radius 2 is 1.72 bits per heavy atom. The lowest BCUT2D eigenvalue weighted by Gasteiger charge is -2.33. The van der Waals surface area contributed by atoms with E-state index in [1.165, 1.54) is 28.6 Å². The van der Waals surface area contributed by atoms with E-state index in [0.717, 1.165) is 0 Å². The summed E-state index contributed by atoms with van der Waals surface area (Å²) in [5.41, 5.74) is 0.975. The molecule has 0 saturated carbocycles. The van der Waals surface area contributed by atoms with Gasteiger partial charge in [0.15, 0.2) is 0 Å². The second kappa shape index (κ2) is 8.67. The molecule has 0 aromatic heterocycles. The molecule has 4 rings (SSSR count). The van der Waals surface area contributed by atoms with Gasteiger partial charge in [-0.1, -0.05) is 29.3 Å². The number of anilines is 1. The fourth-order valence-electron chi connectivity index (χ4n) is 3.48. The number of Topliss-reactive ketones (excluding diaryl/α,β-unsaturated/α-hetero) is 1. The summed E-state index contributed by atoms with van der Waals surface area (Å²) in [7, 11) is -3.88. The molecule has 2 aromatic rings. The Labute approximate surface area is 194 Å². The van der Waals surface area contributed by atoms with E-state index in [4.69, 9.17) is 23.2 Å². The SMILES string of the molecule is O=C1Nc2ccc(S(=O)(=O)N3CCN(C(=O)/C=C/c4ccc(Cl)cc4Cl)CC3)cc2C1=O. The summed E-state index contributed by atoms with van der Waals surface area (Å²) in [4.78, 5) is 37.3. The number of rotatable bonds is 4. The van der Waals surface area contributed by atoms with Crippen LogP contribution in [-0.2, 0) is 19.6 Å². The second-order valence-electron chi connectivity index (χ2n) is 7.22. The minimum atomic E-state index is -3.88. The van der Waals surface area contributed by atoms with Gasteiger partial charge in [-0.15, -0.1) is 0 Å². The zero-order chi connectivity index (χ0) is 23.0. The molecule has 1 saturated heterocycles. The van der Waals surface area contributed by atoms with Gasteiger partial charge >= 0.3 is 0 Å². The number of hydrogen-bond donors (Lipinski definition) is 1. The fourth-order valence-corrected chi connectivity index (χ4v) is 5.40. The van der Waals surface area contributed by atoms with Crippen molar-refractivity contribution in [3.8, 4) is 0 Å². The van der Waals surface area contributed by atoms with Crippen LogP contribution in [0.5, 0.6) is 0 Å². The van der Waals surface area contributed by atoms with E-state index in [-0.39, 0.29) is 42.5 Å². The van der Waals surface area contributed by atoms with Gasteiger partial charge in [-0.05, 0) is 42.0 Å². The summed E-state index contributed by atoms with van der Waals surface area (Å²) >= 11 is 12.0. The van der Waals surface area contributed by atoms with Crippen molar-refractivity contribution < 1.29 is 22.8 Å². The first kappa shape index (κ1) is 22.5. The van der Waals surface area contributed by atoms with E-state index in [0.29, 0.717) is 21.3 Å². The Morgan fingerprint density at radius 1 is 1.00 bits per heavy atom. The average Bonchev–Trinajstić information content (AvgIpc) is 3.06. The molecule has 11 heteroatoms. The van der Waals surface area contributed by atoms with Crippen LogP contribution < -0.4 is 5.32 Å². The van der Waals surface area contributed by atoms with Crippen LogP contribution in [0.15, 0.2) is 47.4 Å². The number of ketones is 1. The highest BCUT2D eigenvalue weighted by Crippen LogP contribution is 2.28. The minimum Gasteiger partial charge on any atom is -0.337 e. The van der Waals surface area contributed by atoms with Crippen LogP contribution in [0.4, 0.5) is 5.69 Å². The van der Waals surface area contributed by atoms with E-state index in [2.05, 4.69) is 5.32 Å². The summed E-state index contributed by atoms with van der Waals surface area (Å²) in [5, 5.41) is 3.30. The van der Waals surface area contributed by atoms with Crippen molar-refractivity contribution in [3.05, 3.63) is 63.6 Å². The van der Waals surface area contributed by atoms with Gasteiger partial charge in [-0.2, -0.15) is 4.31 Å². The number of hydrogen-bond acceptors (Lipinski definition) is 5. The number of nitrogens with zero attached hydrogens (tertiary/aromatic N) is 2. The quantitative estimate of drug-likeness (QED) is 0.520. The largest absolute Gasteiger partial charge is 0.337 e. The Hall–Kier alpha value is -2.72. The van der Waals surface area contributed by atoms with Crippen molar-refractivity contribution in [2.75, 3.05) is 31.5 Å². The number of nitrogens with one attached hydrogen (secondary N) is 1. The molecule has 0 unspecified atom stereocenters. The molecular weight excluding hydrogens is 477 g/mol. The molecule has 32 heavy (non-hydrogen) atoms. The van der Waals surface area contributed by atoms with Gasteiger partial charge in [0.1, 0.15) is 0 Å². The molecule has 0 radical (unpaired) electrons. The van der Waals surface area contributed by atoms with E-state index >= 15 is 0 Å². The normalized spacial score (nSPS) is 17.0. The lowest BCUT2D eigenvalue weighted by atomic mass is 10.1. The molecule has 0 spiro atoms. The molecular formula is C21H17Cl2N3O5S. The van der Waals surface area contributed by atoms with E-state index in [1.54, 1.807) is 29.2 Å². The Balaban J connectivity index is 1.42. The van der Waals surface area contributed by atoms with Crippen molar-refractivity contribution in [1.29, 1.82) is 0 Å². The van der Waals surface area contributed by atoms with Gasteiger partial charge in [0.25, 0.3) is 11.7 Å². The third-order valence-electron chi connectivity index (χ3n) is 5.25. The zero-order valence-electron chi connectivity index (χ0n) is 16.5. The number of fused-ring (bicyclic) bond motifs is 1. The van der Waals surface area contributed by atoms with Gasteiger partial charge in [-0.3, -0.25) is 14.4 Å². The molecule has 0 aliphatic carbocycles. The number of carbonyl (C=O) groups is 3. The van der Waals surface area contributed by atoms with Crippen LogP contribution in [-0.4, -0.2) is 61.4 Å². The first-order chi connectivity index (χ1) is 15.2. The maximum Gasteiger partial charge on any atom is 0.296 e. The predicted molar refractivity (Wildman–Crippen MR) is 120 cm³/mol. The van der Waals surface area contributed by atoms with Gasteiger partial charge < -0.3 is 10.2 Å². The van der Waals surface area contributed by atoms with Crippen molar-refractivity contribution in [2.45, 2.75) is 4.90 Å². The summed E-state index contributed by atoms with van der Waals surface area (Å²) in [6.45, 7) is 0.624. The van der Waals surface area contributed by atoms with Gasteiger partial charge in [-0.25, -0.2) is 8.42 Å². The molecule has 2 aliphatic heterocycles. The average molecular weight is 494 g/mol. The molecule has 8 nitrogen and oxygen atoms in total. The summed E-state index contributed by atoms with van der Waals surface area (Å²) in [6, 6.07) is 8.90. The van der Waals surface area contributed by atoms with Crippen LogP contribution in [0.1, 0.15) is 15.9 Å². The first-order valence-corrected chi connectivity index (χ1v) is 11.8. The van der Waals surface area contributed by atoms with Gasteiger partial charge in [0.2, 0.25) is 15.9 Å². The number of carbonyl (C=O) groups excluding carboxylic acids is 3. The molecule has 2 aliphatic rings. The van der Waals surface area contributed by atoms with Crippen molar-refractivity contribution in [2.24, 2.45) is 0 Å². The number of benzene rings is 2. The van der Waals surface area contributed by atoms with E-state index < -0.39 is 21.7 Å². The third-order valence-corrected chi connectivity index (χ3v) is 7.70. The number of piperazine rings is 1. The fraction of sp³-hybridized carbons (Fsp3) is 0.190. The summed E-state index contributed by atoms with van der Waals surface area (Å²) < 4.78 is 27.2. The zero-order valence-corrected chi connectivity index (χ0v) is 18.9. The highest BCUT2D eigenvalue weighted by Gasteiger charge is 2.33. The van der Waals surface area contributed by atoms with Crippen LogP contribution in [0.25, 0.3) is 6.08 Å². The molecule has 2 aromatic carbocycles. The Bertz CT molecular complexity index is 1270. The molecule has 0 bridgehead atoms. The monoisotopic (exact) mass is 493 g/mol. The molecule has 166 valence electrons. The molecule has 2 amide bonds. The van der Waals surface area contributed by atoms with Crippen LogP contribution in [0.3, 0.4) is 0 Å². The number of halogens is 2. The Kier molecular flexibility index (Phi) is 6.09. The van der Waals surface area contributed by atoms with Gasteiger partial charge in [0.05, 0.1) is 16.1 Å².